The van der Waals surface area contributed by atoms with Crippen molar-refractivity contribution in [2.75, 3.05) is 52.4 Å². The summed E-state index contributed by atoms with van der Waals surface area (Å²) < 4.78 is 76.1. The minimum Gasteiger partial charge on any atom is -0.359 e. The van der Waals surface area contributed by atoms with Gasteiger partial charge in [0.2, 0.25) is 11.8 Å². The Kier molecular flexibility index (Phi) is 15.5. The molecule has 0 bridgehead atoms. The van der Waals surface area contributed by atoms with Gasteiger partial charge in [0.1, 0.15) is 52.7 Å². The second-order valence-electron chi connectivity index (χ2n) is 27.3. The smallest absolute Gasteiger partial charge is 0.227 e. The molecule has 2 unspecified atom stereocenters. The number of hydrogen-bond acceptors (Lipinski definition) is 11. The van der Waals surface area contributed by atoms with Crippen LogP contribution in [0.4, 0.5) is 17.6 Å². The molecule has 0 aliphatic carbocycles. The van der Waals surface area contributed by atoms with Crippen molar-refractivity contribution < 1.29 is 36.6 Å². The molecule has 5 aromatic rings. The number of nitrogens with zero attached hydrogens (tertiary/aromatic N) is 10. The Morgan fingerprint density at radius 1 is 0.655 bits per heavy atom. The van der Waals surface area contributed by atoms with Crippen molar-refractivity contribution >= 4 is 35.0 Å². The maximum atomic E-state index is 16.0. The lowest BCUT2D eigenvalue weighted by molar-refractivity contribution is -0.153. The lowest BCUT2D eigenvalue weighted by Crippen LogP contribution is -2.49. The number of ether oxygens (including phenoxy) is 2. The van der Waals surface area contributed by atoms with Crippen LogP contribution in [0.3, 0.4) is 0 Å². The first-order chi connectivity index (χ1) is 39.5. The number of carbonyl (C=O) groups excluding carboxylic acids is 2. The Balaban J connectivity index is 0.797. The maximum absolute atomic E-state index is 16.0. The van der Waals surface area contributed by atoms with Crippen molar-refractivity contribution in [2.24, 2.45) is 17.3 Å². The Morgan fingerprint density at radius 2 is 1.11 bits per heavy atom. The van der Waals surface area contributed by atoms with Crippen molar-refractivity contribution in [3.8, 4) is 6.07 Å². The number of piperidine rings is 2. The molecule has 11 rings (SSSR count). The van der Waals surface area contributed by atoms with Crippen LogP contribution in [0.5, 0.6) is 0 Å². The molecule has 84 heavy (non-hydrogen) atoms. The molecular weight excluding hydrogens is 1120 g/mol. The van der Waals surface area contributed by atoms with Crippen LogP contribution in [0.15, 0.2) is 54.9 Å². The van der Waals surface area contributed by atoms with Gasteiger partial charge in [-0.15, -0.1) is 0 Å². The van der Waals surface area contributed by atoms with Crippen LogP contribution in [0.1, 0.15) is 169 Å². The molecule has 20 heteroatoms. The lowest BCUT2D eigenvalue weighted by atomic mass is 9.80. The number of nitriles is 1. The van der Waals surface area contributed by atoms with E-state index in [-0.39, 0.29) is 22.9 Å². The zero-order valence-electron chi connectivity index (χ0n) is 49.9. The third-order valence-corrected chi connectivity index (χ3v) is 20.5. The van der Waals surface area contributed by atoms with Crippen LogP contribution in [0, 0.1) is 65.7 Å². The fourth-order valence-corrected chi connectivity index (χ4v) is 14.8. The SMILES string of the molecule is Cc1nc2c(cc1Cl)C(C(C)(C)C#N)OC21CCN(C(=O)[C@@H]2CN(C(C)(C)CCn3ncnc3C(C)(C)C3OC4(CCN(C(=O)[C@@H]5CN(C(C)(C)C)C[C@H]5c5ccc(F)cc5F)CC4)c4nc(C)c(Cl)cc43)C[C@H]2c2ccc(F)cc2F)CC1. The fourth-order valence-electron chi connectivity index (χ4n) is 14.5. The highest BCUT2D eigenvalue weighted by Gasteiger charge is 2.57. The number of carbonyl (C=O) groups is 2. The van der Waals surface area contributed by atoms with Crippen LogP contribution >= 0.6 is 23.2 Å². The average Bonchev–Trinajstić information content (AvgIpc) is 2.53. The zero-order chi connectivity index (χ0) is 60.4. The van der Waals surface area contributed by atoms with Crippen molar-refractivity contribution in [1.82, 2.24) is 44.3 Å². The maximum Gasteiger partial charge on any atom is 0.227 e. The summed E-state index contributed by atoms with van der Waals surface area (Å²) in [5.74, 6) is -4.41. The van der Waals surface area contributed by atoms with Crippen molar-refractivity contribution in [1.29, 1.82) is 5.26 Å². The molecule has 0 saturated carbocycles. The number of hydrogen-bond donors (Lipinski definition) is 0. The molecule has 6 aliphatic heterocycles. The van der Waals surface area contributed by atoms with Gasteiger partial charge in [0, 0.05) is 105 Å². The Bertz CT molecular complexity index is 3450. The topological polar surface area (TPSA) is 146 Å². The number of aromatic nitrogens is 5. The number of rotatable bonds is 11. The van der Waals surface area contributed by atoms with Gasteiger partial charge in [-0.05, 0) is 144 Å². The normalized spacial score (nSPS) is 24.5. The van der Waals surface area contributed by atoms with E-state index in [9.17, 15) is 18.8 Å². The van der Waals surface area contributed by atoms with E-state index in [2.05, 4.69) is 64.3 Å². The number of amides is 2. The summed E-state index contributed by atoms with van der Waals surface area (Å²) in [6.45, 7) is 25.5. The number of pyridine rings is 2. The molecule has 3 aromatic heterocycles. The van der Waals surface area contributed by atoms with Gasteiger partial charge in [-0.1, -0.05) is 35.3 Å². The fraction of sp³-hybridized carbons (Fsp3) is 0.578. The highest BCUT2D eigenvalue weighted by Crippen LogP contribution is 2.57. The summed E-state index contributed by atoms with van der Waals surface area (Å²) in [6, 6.07) is 13.4. The van der Waals surface area contributed by atoms with Crippen LogP contribution in [0.25, 0.3) is 0 Å². The Hall–Kier alpha value is -5.55. The minimum absolute atomic E-state index is 0.0662. The average molecular weight is 1200 g/mol. The molecule has 4 saturated heterocycles. The summed E-state index contributed by atoms with van der Waals surface area (Å²) in [5.41, 5.74) is 0.922. The van der Waals surface area contributed by atoms with E-state index >= 15 is 13.6 Å². The monoisotopic (exact) mass is 1190 g/mol. The first-order valence-corrected chi connectivity index (χ1v) is 30.2. The van der Waals surface area contributed by atoms with Crippen LogP contribution in [0.2, 0.25) is 10.0 Å². The molecule has 6 atom stereocenters. The largest absolute Gasteiger partial charge is 0.359 e. The molecule has 0 N–H and O–H groups in total. The highest BCUT2D eigenvalue weighted by atomic mass is 35.5. The first-order valence-electron chi connectivity index (χ1n) is 29.5. The minimum atomic E-state index is -0.878. The van der Waals surface area contributed by atoms with Gasteiger partial charge < -0.3 is 19.3 Å². The highest BCUT2D eigenvalue weighted by molar-refractivity contribution is 6.31. The van der Waals surface area contributed by atoms with Gasteiger partial charge >= 0.3 is 0 Å². The second kappa shape index (κ2) is 21.7. The van der Waals surface area contributed by atoms with Gasteiger partial charge in [0.25, 0.3) is 0 Å². The molecule has 2 spiro atoms. The molecule has 9 heterocycles. The quantitative estimate of drug-likeness (QED) is 0.116. The molecule has 448 valence electrons. The van der Waals surface area contributed by atoms with Crippen LogP contribution in [-0.4, -0.2) is 120 Å². The second-order valence-corrected chi connectivity index (χ2v) is 28.1. The summed E-state index contributed by atoms with van der Waals surface area (Å²) in [7, 11) is 0. The summed E-state index contributed by atoms with van der Waals surface area (Å²) in [6.07, 6.45) is 2.76. The molecule has 2 amide bonds. The van der Waals surface area contributed by atoms with Gasteiger partial charge in [0.05, 0.1) is 67.7 Å². The van der Waals surface area contributed by atoms with Gasteiger partial charge in [-0.25, -0.2) is 27.2 Å². The molecule has 0 radical (unpaired) electrons. The Labute approximate surface area is 500 Å². The molecular formula is C64H76Cl2F4N10O4. The molecule has 6 aliphatic rings. The van der Waals surface area contributed by atoms with E-state index in [0.717, 1.165) is 34.6 Å². The van der Waals surface area contributed by atoms with Crippen molar-refractivity contribution in [2.45, 2.75) is 167 Å². The van der Waals surface area contributed by atoms with Crippen molar-refractivity contribution in [3.63, 3.8) is 0 Å². The number of aryl methyl sites for hydroxylation is 3. The summed E-state index contributed by atoms with van der Waals surface area (Å²) in [4.78, 5) is 52.8. The third-order valence-electron chi connectivity index (χ3n) is 19.8. The van der Waals surface area contributed by atoms with E-state index in [1.807, 2.05) is 54.3 Å². The molecule has 2 aromatic carbocycles. The summed E-state index contributed by atoms with van der Waals surface area (Å²) >= 11 is 13.5. The van der Waals surface area contributed by atoms with Gasteiger partial charge in [-0.2, -0.15) is 10.4 Å². The van der Waals surface area contributed by atoms with Crippen molar-refractivity contribution in [3.05, 3.63) is 139 Å². The van der Waals surface area contributed by atoms with E-state index < -0.39 is 86.7 Å². The van der Waals surface area contributed by atoms with Gasteiger partial charge in [-0.3, -0.25) is 29.4 Å². The number of fused-ring (bicyclic) bond motifs is 4. The summed E-state index contributed by atoms with van der Waals surface area (Å²) in [5, 5.41) is 16.0. The number of halogens is 6. The Morgan fingerprint density at radius 3 is 1.57 bits per heavy atom. The number of benzene rings is 2. The van der Waals surface area contributed by atoms with E-state index in [1.165, 1.54) is 24.3 Å². The van der Waals surface area contributed by atoms with Crippen LogP contribution in [-0.2, 0) is 42.2 Å². The van der Waals surface area contributed by atoms with E-state index in [0.29, 0.717) is 124 Å². The van der Waals surface area contributed by atoms with E-state index in [4.69, 9.17) is 52.7 Å². The third kappa shape index (κ3) is 10.5. The lowest BCUT2D eigenvalue weighted by Gasteiger charge is -2.42. The first kappa shape index (κ1) is 60.2. The zero-order valence-corrected chi connectivity index (χ0v) is 51.4. The predicted molar refractivity (Wildman–Crippen MR) is 310 cm³/mol. The molecule has 14 nitrogen and oxygen atoms in total. The number of likely N-dealkylation sites (tertiary alicyclic amines) is 4. The standard InChI is InChI=1S/C64H76Cl2F4N10O4/c1-36-48(65)28-42-52(74-36)63(83-54(42)60(6,7)34-71)17-21-77(22-18-63)57(82)47-33-79(31-45(47)41-15-13-39(68)27-51(41)70)61(8,9)16-25-80-58(72-35-73-80)62(10,11)55-43-29-49(66)37(2)75-53(43)64(84-55)19-23-76(24-20-64)56(81)46-32-78(59(3,4)5)30-44(46)40-14-12-38(67)26-50(40)69/h12-15,26-29,35,44-47,54-55H,16-25,30-33H2,1-11H3/t44-,45-,46+,47+,54?,55?/m0/s1. The molecule has 4 fully saturated rings. The van der Waals surface area contributed by atoms with Crippen LogP contribution < -0.4 is 0 Å². The predicted octanol–water partition coefficient (Wildman–Crippen LogP) is 12.0. The van der Waals surface area contributed by atoms with E-state index in [1.54, 1.807) is 6.33 Å². The van der Waals surface area contributed by atoms with Gasteiger partial charge in [0.15, 0.2) is 0 Å².